The van der Waals surface area contributed by atoms with Gasteiger partial charge in [0.2, 0.25) is 0 Å². The normalized spacial score (nSPS) is 18.8. The van der Waals surface area contributed by atoms with Gasteiger partial charge in [0.05, 0.1) is 38.6 Å². The third kappa shape index (κ3) is 9.53. The minimum atomic E-state index is -0.421. The van der Waals surface area contributed by atoms with E-state index in [1.807, 2.05) is 66.7 Å². The van der Waals surface area contributed by atoms with Crippen LogP contribution in [0.25, 0.3) is 10.4 Å². The molecule has 1 aliphatic heterocycles. The minimum absolute atomic E-state index is 0.210. The Morgan fingerprint density at radius 3 is 2.00 bits per heavy atom. The molecule has 0 radical (unpaired) electrons. The lowest BCUT2D eigenvalue weighted by atomic mass is 9.90. The molecule has 0 saturated carbocycles. The molecule has 1 aromatic heterocycles. The monoisotopic (exact) mass is 776 g/mol. The van der Waals surface area contributed by atoms with E-state index in [1.165, 1.54) is 28.1 Å². The minimum Gasteiger partial charge on any atom is -0.374 e. The summed E-state index contributed by atoms with van der Waals surface area (Å²) in [6.45, 7) is 3.99. The summed E-state index contributed by atoms with van der Waals surface area (Å²) >= 11 is 5.66. The van der Waals surface area contributed by atoms with Crippen LogP contribution in [0, 0.1) is 12.7 Å². The highest BCUT2D eigenvalue weighted by molar-refractivity contribution is 9.10. The molecule has 4 nitrogen and oxygen atoms in total. The van der Waals surface area contributed by atoms with Crippen LogP contribution in [0.5, 0.6) is 0 Å². The zero-order valence-electron chi connectivity index (χ0n) is 29.1. The Balaban J connectivity index is 1.18. The summed E-state index contributed by atoms with van der Waals surface area (Å²) in [5.74, 6) is -0.229. The first-order valence-corrected chi connectivity index (χ1v) is 19.3. The Hall–Kier alpha value is -3.95. The topological polar surface area (TPSA) is 36.9 Å². The van der Waals surface area contributed by atoms with Crippen molar-refractivity contribution in [2.24, 2.45) is 0 Å². The Kier molecular flexibility index (Phi) is 12.4. The van der Waals surface area contributed by atoms with Crippen molar-refractivity contribution in [3.63, 3.8) is 0 Å². The third-order valence-corrected chi connectivity index (χ3v) is 11.2. The predicted octanol–water partition coefficient (Wildman–Crippen LogP) is 11.4. The molecule has 0 aliphatic carbocycles. The van der Waals surface area contributed by atoms with Gasteiger partial charge in [-0.05, 0) is 76.2 Å². The maximum atomic E-state index is 13.6. The van der Waals surface area contributed by atoms with E-state index in [-0.39, 0.29) is 24.1 Å². The Bertz CT molecular complexity index is 2000. The van der Waals surface area contributed by atoms with Crippen molar-refractivity contribution in [2.45, 2.75) is 64.0 Å². The van der Waals surface area contributed by atoms with Crippen molar-refractivity contribution < 1.29 is 23.3 Å². The van der Waals surface area contributed by atoms with Gasteiger partial charge in [-0.2, -0.15) is 0 Å². The fraction of sp³-hybridized carbons (Fsp3) is 0.244. The van der Waals surface area contributed by atoms with E-state index in [2.05, 4.69) is 83.5 Å². The largest absolute Gasteiger partial charge is 0.374 e. The van der Waals surface area contributed by atoms with E-state index < -0.39 is 6.10 Å². The number of hydrogen-bond acceptors (Lipinski definition) is 5. The van der Waals surface area contributed by atoms with Crippen LogP contribution < -0.4 is 0 Å². The molecule has 1 saturated heterocycles. The number of halogens is 2. The highest BCUT2D eigenvalue weighted by Gasteiger charge is 2.42. The van der Waals surface area contributed by atoms with Gasteiger partial charge < -0.3 is 18.9 Å². The standard InChI is InChI=1S/C45H42BrFO4S/c1-31-23-41(46)40(25-36(31)24-39-21-22-43(52-39)35-17-19-37(47)20-18-35)44-45(50-29-34-15-9-4-10-16-34)42(49-28-33-13-7-3-8-14-33)26-38(51-44)30-48-27-32-11-5-2-6-12-32/h2-23,25,38,42,44-45H,24,26-30H2,1H3. The second kappa shape index (κ2) is 17.7. The van der Waals surface area contributed by atoms with E-state index in [0.717, 1.165) is 43.6 Å². The van der Waals surface area contributed by atoms with E-state index in [1.54, 1.807) is 11.3 Å². The number of ether oxygens (including phenoxy) is 4. The summed E-state index contributed by atoms with van der Waals surface area (Å²) in [5.41, 5.74) is 7.76. The van der Waals surface area contributed by atoms with Crippen LogP contribution in [0.4, 0.5) is 4.39 Å². The SMILES string of the molecule is Cc1cc(Br)c(C2OC(COCc3ccccc3)CC(OCc3ccccc3)C2OCc2ccccc2)cc1Cc1ccc(-c2ccc(F)cc2)s1. The van der Waals surface area contributed by atoms with Crippen LogP contribution in [0.3, 0.4) is 0 Å². The molecule has 6 aromatic rings. The van der Waals surface area contributed by atoms with E-state index in [4.69, 9.17) is 18.9 Å². The number of benzene rings is 5. The summed E-state index contributed by atoms with van der Waals surface area (Å²) in [6.07, 6.45) is 0.134. The molecule has 7 heteroatoms. The molecule has 2 heterocycles. The Morgan fingerprint density at radius 1 is 0.731 bits per heavy atom. The smallest absolute Gasteiger partial charge is 0.123 e. The van der Waals surface area contributed by atoms with Gasteiger partial charge in [0.1, 0.15) is 18.0 Å². The zero-order valence-corrected chi connectivity index (χ0v) is 31.5. The highest BCUT2D eigenvalue weighted by atomic mass is 79.9. The van der Waals surface area contributed by atoms with Gasteiger partial charge in [-0.25, -0.2) is 4.39 Å². The molecule has 4 unspecified atom stereocenters. The van der Waals surface area contributed by atoms with E-state index in [0.29, 0.717) is 32.8 Å². The molecule has 1 aliphatic rings. The summed E-state index contributed by atoms with van der Waals surface area (Å²) < 4.78 is 41.4. The summed E-state index contributed by atoms with van der Waals surface area (Å²) in [7, 11) is 0. The molecule has 1 fully saturated rings. The molecular weight excluding hydrogens is 735 g/mol. The van der Waals surface area contributed by atoms with Crippen molar-refractivity contribution in [3.8, 4) is 10.4 Å². The fourth-order valence-electron chi connectivity index (χ4n) is 6.65. The Morgan fingerprint density at radius 2 is 1.35 bits per heavy atom. The molecule has 266 valence electrons. The van der Waals surface area contributed by atoms with Crippen LogP contribution in [0.1, 0.15) is 50.8 Å². The number of rotatable bonds is 14. The molecule has 4 atom stereocenters. The van der Waals surface area contributed by atoms with E-state index >= 15 is 0 Å². The second-order valence-electron chi connectivity index (χ2n) is 13.3. The fourth-order valence-corrected chi connectivity index (χ4v) is 8.37. The van der Waals surface area contributed by atoms with Gasteiger partial charge in [-0.15, -0.1) is 11.3 Å². The van der Waals surface area contributed by atoms with Gasteiger partial charge >= 0.3 is 0 Å². The molecule has 0 bridgehead atoms. The first-order chi connectivity index (χ1) is 25.5. The van der Waals surface area contributed by atoms with Gasteiger partial charge in [-0.1, -0.05) is 125 Å². The van der Waals surface area contributed by atoms with Gasteiger partial charge in [0, 0.05) is 27.1 Å². The zero-order chi connectivity index (χ0) is 35.7. The molecule has 52 heavy (non-hydrogen) atoms. The third-order valence-electron chi connectivity index (χ3n) is 9.42. The van der Waals surface area contributed by atoms with Crippen LogP contribution in [0.15, 0.2) is 144 Å². The average Bonchev–Trinajstić information content (AvgIpc) is 3.64. The van der Waals surface area contributed by atoms with Crippen molar-refractivity contribution in [1.29, 1.82) is 0 Å². The lowest BCUT2D eigenvalue weighted by Gasteiger charge is -2.42. The van der Waals surface area contributed by atoms with Crippen molar-refractivity contribution >= 4 is 27.3 Å². The molecule has 0 spiro atoms. The number of hydrogen-bond donors (Lipinski definition) is 0. The molecule has 7 rings (SSSR count). The molecule has 0 N–H and O–H groups in total. The van der Waals surface area contributed by atoms with Crippen LogP contribution in [-0.2, 0) is 45.2 Å². The van der Waals surface area contributed by atoms with Crippen molar-refractivity contribution in [3.05, 3.63) is 188 Å². The summed E-state index contributed by atoms with van der Waals surface area (Å²) in [5, 5.41) is 0. The van der Waals surface area contributed by atoms with Gasteiger partial charge in [0.25, 0.3) is 0 Å². The van der Waals surface area contributed by atoms with Crippen LogP contribution in [0.2, 0.25) is 0 Å². The van der Waals surface area contributed by atoms with E-state index in [9.17, 15) is 4.39 Å². The highest BCUT2D eigenvalue weighted by Crippen LogP contribution is 2.41. The molecule has 0 amide bonds. The maximum Gasteiger partial charge on any atom is 0.123 e. The summed E-state index contributed by atoms with van der Waals surface area (Å²) in [4.78, 5) is 2.35. The number of aryl methyl sites for hydroxylation is 1. The van der Waals surface area contributed by atoms with Crippen molar-refractivity contribution in [1.82, 2.24) is 0 Å². The summed E-state index contributed by atoms with van der Waals surface area (Å²) in [6, 6.07) is 46.2. The number of thiophene rings is 1. The lowest BCUT2D eigenvalue weighted by molar-refractivity contribution is -0.219. The molecular formula is C45H42BrFO4S. The van der Waals surface area contributed by atoms with Gasteiger partial charge in [-0.3, -0.25) is 0 Å². The van der Waals surface area contributed by atoms with Gasteiger partial charge in [0.15, 0.2) is 0 Å². The van der Waals surface area contributed by atoms with Crippen LogP contribution in [-0.4, -0.2) is 24.9 Å². The maximum absolute atomic E-state index is 13.6. The molecule has 5 aromatic carbocycles. The quantitative estimate of drug-likeness (QED) is 0.110. The lowest BCUT2D eigenvalue weighted by Crippen LogP contribution is -2.47. The predicted molar refractivity (Wildman–Crippen MR) is 210 cm³/mol. The van der Waals surface area contributed by atoms with Crippen LogP contribution >= 0.6 is 27.3 Å². The van der Waals surface area contributed by atoms with Crippen molar-refractivity contribution in [2.75, 3.05) is 6.61 Å². The Labute approximate surface area is 318 Å². The first-order valence-electron chi connectivity index (χ1n) is 17.7. The second-order valence-corrected chi connectivity index (χ2v) is 15.3. The first kappa shape index (κ1) is 36.4. The average molecular weight is 778 g/mol.